The number of aromatic amines is 1. The molecule has 0 saturated heterocycles. The summed E-state index contributed by atoms with van der Waals surface area (Å²) in [5.41, 5.74) is 8.18. The molecule has 22 heavy (non-hydrogen) atoms. The zero-order chi connectivity index (χ0) is 15.3. The van der Waals surface area contributed by atoms with Crippen LogP contribution in [0.15, 0.2) is 30.9 Å². The van der Waals surface area contributed by atoms with Gasteiger partial charge >= 0.3 is 0 Å². The Balaban J connectivity index is 1.99. The van der Waals surface area contributed by atoms with Gasteiger partial charge in [0.05, 0.1) is 18.5 Å². The number of nitrogens with one attached hydrogen (secondary N) is 1. The standard InChI is InChI=1S/C14H11FN6O/c15-11-1-7(5-21-8(6-22)2-18-13(11)21)9-3-17-12-10(9)4-19-14(16)20-12/h1-5,22H,6H2,(H3,16,17,19,20). The second kappa shape index (κ2) is 4.50. The molecule has 4 rings (SSSR count). The molecule has 4 N–H and O–H groups in total. The Morgan fingerprint density at radius 2 is 2.18 bits per heavy atom. The third-order valence-corrected chi connectivity index (χ3v) is 3.56. The molecule has 0 bridgehead atoms. The van der Waals surface area contributed by atoms with Crippen LogP contribution in [-0.4, -0.2) is 29.4 Å². The molecule has 0 aliphatic rings. The van der Waals surface area contributed by atoms with E-state index in [1.165, 1.54) is 16.7 Å². The number of imidazole rings is 1. The van der Waals surface area contributed by atoms with Crippen LogP contribution in [0.1, 0.15) is 5.69 Å². The van der Waals surface area contributed by atoms with Crippen molar-refractivity contribution >= 4 is 22.6 Å². The molecule has 0 aromatic carbocycles. The van der Waals surface area contributed by atoms with Gasteiger partial charge in [0.2, 0.25) is 5.95 Å². The first kappa shape index (κ1) is 12.7. The maximum atomic E-state index is 14.2. The molecule has 8 heteroatoms. The number of nitrogens with zero attached hydrogens (tertiary/aromatic N) is 4. The van der Waals surface area contributed by atoms with Gasteiger partial charge in [0.15, 0.2) is 11.5 Å². The molecule has 0 amide bonds. The monoisotopic (exact) mass is 298 g/mol. The number of aliphatic hydroxyl groups excluding tert-OH is 1. The Morgan fingerprint density at radius 3 is 3.00 bits per heavy atom. The molecule has 110 valence electrons. The number of rotatable bonds is 2. The van der Waals surface area contributed by atoms with E-state index in [4.69, 9.17) is 5.73 Å². The van der Waals surface area contributed by atoms with Gasteiger partial charge in [0.25, 0.3) is 0 Å². The number of hydrogen-bond acceptors (Lipinski definition) is 5. The molecule has 0 spiro atoms. The quantitative estimate of drug-likeness (QED) is 0.520. The average Bonchev–Trinajstić information content (AvgIpc) is 3.10. The minimum absolute atomic E-state index is 0.166. The third-order valence-electron chi connectivity index (χ3n) is 3.56. The second-order valence-corrected chi connectivity index (χ2v) is 4.87. The number of halogens is 1. The van der Waals surface area contributed by atoms with Crippen molar-refractivity contribution in [3.63, 3.8) is 0 Å². The van der Waals surface area contributed by atoms with Crippen LogP contribution in [0.5, 0.6) is 0 Å². The summed E-state index contributed by atoms with van der Waals surface area (Å²) in [7, 11) is 0. The lowest BCUT2D eigenvalue weighted by Gasteiger charge is -2.04. The van der Waals surface area contributed by atoms with Gasteiger partial charge in [-0.25, -0.2) is 14.4 Å². The highest BCUT2D eigenvalue weighted by molar-refractivity contribution is 5.93. The maximum Gasteiger partial charge on any atom is 0.221 e. The lowest BCUT2D eigenvalue weighted by Crippen LogP contribution is -1.96. The van der Waals surface area contributed by atoms with E-state index in [1.807, 2.05) is 0 Å². The number of pyridine rings is 1. The van der Waals surface area contributed by atoms with Crippen molar-refractivity contribution in [1.29, 1.82) is 0 Å². The topological polar surface area (TPSA) is 105 Å². The van der Waals surface area contributed by atoms with Crippen molar-refractivity contribution in [2.24, 2.45) is 0 Å². The number of fused-ring (bicyclic) bond motifs is 2. The minimum atomic E-state index is -0.470. The first-order chi connectivity index (χ1) is 10.7. The van der Waals surface area contributed by atoms with Gasteiger partial charge in [-0.15, -0.1) is 0 Å². The molecule has 4 heterocycles. The molecule has 0 saturated carbocycles. The van der Waals surface area contributed by atoms with Gasteiger partial charge in [0.1, 0.15) is 5.65 Å². The van der Waals surface area contributed by atoms with E-state index < -0.39 is 5.82 Å². The van der Waals surface area contributed by atoms with Crippen LogP contribution in [0.4, 0.5) is 10.3 Å². The Bertz CT molecular complexity index is 1010. The molecule has 0 aliphatic heterocycles. The number of hydrogen-bond donors (Lipinski definition) is 3. The predicted octanol–water partition coefficient (Wildman–Crippen LogP) is 1.49. The SMILES string of the molecule is Nc1ncc2c(-c3cc(F)c4ncc(CO)n4c3)c[nH]c2n1. The van der Waals surface area contributed by atoms with Crippen LogP contribution in [0.3, 0.4) is 0 Å². The first-order valence-corrected chi connectivity index (χ1v) is 6.53. The molecule has 0 unspecified atom stereocenters. The van der Waals surface area contributed by atoms with Gasteiger partial charge in [-0.05, 0) is 6.07 Å². The van der Waals surface area contributed by atoms with E-state index >= 15 is 0 Å². The second-order valence-electron chi connectivity index (χ2n) is 4.87. The number of nitrogen functional groups attached to an aromatic ring is 1. The molecule has 4 aromatic rings. The van der Waals surface area contributed by atoms with E-state index in [2.05, 4.69) is 19.9 Å². The van der Waals surface area contributed by atoms with Crippen LogP contribution in [0, 0.1) is 5.82 Å². The zero-order valence-corrected chi connectivity index (χ0v) is 11.3. The highest BCUT2D eigenvalue weighted by atomic mass is 19.1. The van der Waals surface area contributed by atoms with Gasteiger partial charge in [-0.2, -0.15) is 4.98 Å². The third kappa shape index (κ3) is 1.74. The summed E-state index contributed by atoms with van der Waals surface area (Å²) in [6.07, 6.45) is 6.47. The van der Waals surface area contributed by atoms with Gasteiger partial charge in [0, 0.05) is 35.1 Å². The smallest absolute Gasteiger partial charge is 0.221 e. The summed E-state index contributed by atoms with van der Waals surface area (Å²) < 4.78 is 15.8. The highest BCUT2D eigenvalue weighted by Crippen LogP contribution is 2.29. The fourth-order valence-corrected chi connectivity index (χ4v) is 2.52. The van der Waals surface area contributed by atoms with E-state index in [0.717, 1.165) is 10.9 Å². The van der Waals surface area contributed by atoms with Gasteiger partial charge in [-0.3, -0.25) is 4.40 Å². The zero-order valence-electron chi connectivity index (χ0n) is 11.3. The Labute approximate surface area is 123 Å². The van der Waals surface area contributed by atoms with Crippen LogP contribution >= 0.6 is 0 Å². The summed E-state index contributed by atoms with van der Waals surface area (Å²) in [5.74, 6) is -0.303. The number of anilines is 1. The fraction of sp³-hybridized carbons (Fsp3) is 0.0714. The fourth-order valence-electron chi connectivity index (χ4n) is 2.52. The summed E-state index contributed by atoms with van der Waals surface area (Å²) in [5, 5.41) is 10.1. The molecule has 0 atom stereocenters. The predicted molar refractivity (Wildman–Crippen MR) is 78.4 cm³/mol. The molecule has 7 nitrogen and oxygen atoms in total. The van der Waals surface area contributed by atoms with E-state index in [-0.39, 0.29) is 18.2 Å². The Hall–Kier alpha value is -3.00. The first-order valence-electron chi connectivity index (χ1n) is 6.53. The molecule has 0 aliphatic carbocycles. The van der Waals surface area contributed by atoms with E-state index in [0.29, 0.717) is 16.9 Å². The van der Waals surface area contributed by atoms with Crippen molar-refractivity contribution < 1.29 is 9.50 Å². The molecular formula is C14H11FN6O. The number of aliphatic hydroxyl groups is 1. The van der Waals surface area contributed by atoms with Crippen LogP contribution in [0.2, 0.25) is 0 Å². The number of aromatic nitrogens is 5. The van der Waals surface area contributed by atoms with E-state index in [1.54, 1.807) is 18.6 Å². The molecular weight excluding hydrogens is 287 g/mol. The lowest BCUT2D eigenvalue weighted by molar-refractivity contribution is 0.276. The summed E-state index contributed by atoms with van der Waals surface area (Å²) in [6, 6.07) is 1.39. The Morgan fingerprint density at radius 1 is 1.32 bits per heavy atom. The van der Waals surface area contributed by atoms with Crippen LogP contribution < -0.4 is 5.73 Å². The van der Waals surface area contributed by atoms with Crippen molar-refractivity contribution in [3.05, 3.63) is 42.4 Å². The van der Waals surface area contributed by atoms with Crippen LogP contribution in [0.25, 0.3) is 27.8 Å². The number of nitrogens with two attached hydrogens (primary N) is 1. The van der Waals surface area contributed by atoms with Crippen molar-refractivity contribution in [1.82, 2.24) is 24.3 Å². The van der Waals surface area contributed by atoms with E-state index in [9.17, 15) is 9.50 Å². The molecule has 0 fully saturated rings. The average molecular weight is 298 g/mol. The van der Waals surface area contributed by atoms with Crippen molar-refractivity contribution in [2.45, 2.75) is 6.61 Å². The molecule has 0 radical (unpaired) electrons. The minimum Gasteiger partial charge on any atom is -0.390 e. The highest BCUT2D eigenvalue weighted by Gasteiger charge is 2.13. The largest absolute Gasteiger partial charge is 0.390 e. The maximum absolute atomic E-state index is 14.2. The van der Waals surface area contributed by atoms with Crippen molar-refractivity contribution in [3.8, 4) is 11.1 Å². The summed E-state index contributed by atoms with van der Waals surface area (Å²) in [6.45, 7) is -0.225. The van der Waals surface area contributed by atoms with Crippen LogP contribution in [-0.2, 0) is 6.61 Å². The number of H-pyrrole nitrogens is 1. The van der Waals surface area contributed by atoms with Gasteiger partial charge in [-0.1, -0.05) is 0 Å². The normalized spacial score (nSPS) is 11.5. The summed E-state index contributed by atoms with van der Waals surface area (Å²) >= 11 is 0. The Kier molecular flexibility index (Phi) is 2.60. The lowest BCUT2D eigenvalue weighted by atomic mass is 10.1. The summed E-state index contributed by atoms with van der Waals surface area (Å²) in [4.78, 5) is 15.0. The van der Waals surface area contributed by atoms with Gasteiger partial charge < -0.3 is 15.8 Å². The molecule has 4 aromatic heterocycles. The van der Waals surface area contributed by atoms with Crippen molar-refractivity contribution in [2.75, 3.05) is 5.73 Å².